The predicted octanol–water partition coefficient (Wildman–Crippen LogP) is 4.03. The van der Waals surface area contributed by atoms with Crippen molar-refractivity contribution >= 4 is 19.0 Å². The lowest BCUT2D eigenvalue weighted by Gasteiger charge is -2.12. The summed E-state index contributed by atoms with van der Waals surface area (Å²) in [5.41, 5.74) is 1.14. The van der Waals surface area contributed by atoms with Crippen LogP contribution in [0.15, 0.2) is 30.3 Å². The second-order valence-corrected chi connectivity index (χ2v) is 6.40. The highest BCUT2D eigenvalue weighted by Gasteiger charge is 2.34. The molecule has 2 rings (SSSR count). The number of nitrogens with zero attached hydrogens (tertiary/aromatic N) is 1. The molecule has 0 spiro atoms. The van der Waals surface area contributed by atoms with Gasteiger partial charge in [0.2, 0.25) is 0 Å². The number of benzene rings is 2. The van der Waals surface area contributed by atoms with E-state index in [9.17, 15) is 14.7 Å². The van der Waals surface area contributed by atoms with E-state index in [-0.39, 0.29) is 11.0 Å². The molecule has 0 N–H and O–H groups in total. The first-order valence-corrected chi connectivity index (χ1v) is 8.18. The van der Waals surface area contributed by atoms with Gasteiger partial charge in [0, 0.05) is 12.1 Å². The molecule has 8 heteroatoms. The van der Waals surface area contributed by atoms with Gasteiger partial charge in [-0.1, -0.05) is 0 Å². The van der Waals surface area contributed by atoms with Gasteiger partial charge in [-0.3, -0.25) is 10.1 Å². The summed E-state index contributed by atoms with van der Waals surface area (Å²) in [7, 11) is 0.468. The van der Waals surface area contributed by atoms with Gasteiger partial charge in [0.05, 0.1) is 19.1 Å². The van der Waals surface area contributed by atoms with E-state index in [0.717, 1.165) is 5.56 Å². The Hall–Kier alpha value is -2.50. The van der Waals surface area contributed by atoms with Gasteiger partial charge in [-0.25, -0.2) is 0 Å². The molecule has 0 aliphatic rings. The van der Waals surface area contributed by atoms with Crippen molar-refractivity contribution in [3.63, 3.8) is 0 Å². The highest BCUT2D eigenvalue weighted by atomic mass is 31.1. The van der Waals surface area contributed by atoms with Crippen molar-refractivity contribution in [1.82, 2.24) is 0 Å². The molecule has 0 bridgehead atoms. The predicted molar refractivity (Wildman–Crippen MR) is 89.9 cm³/mol. The lowest BCUT2D eigenvalue weighted by Crippen LogP contribution is -2.08. The maximum absolute atomic E-state index is 12.0. The normalized spacial score (nSPS) is 11.1. The fourth-order valence-corrected chi connectivity index (χ4v) is 2.90. The van der Waals surface area contributed by atoms with E-state index in [4.69, 9.17) is 14.0 Å². The molecule has 2 aromatic rings. The quantitative estimate of drug-likeness (QED) is 0.444. The molecule has 7 nitrogen and oxygen atoms in total. The van der Waals surface area contributed by atoms with Crippen LogP contribution < -0.4 is 14.8 Å². The summed E-state index contributed by atoms with van der Waals surface area (Å²) in [6.45, 7) is 3.54. The van der Waals surface area contributed by atoms with Crippen LogP contribution in [-0.4, -0.2) is 19.1 Å². The van der Waals surface area contributed by atoms with Crippen LogP contribution in [-0.2, 0) is 9.09 Å². The zero-order valence-electron chi connectivity index (χ0n) is 13.7. The maximum atomic E-state index is 12.0. The SMILES string of the molecule is COc1ccc(Oc2cc([P+](=O)OC)c([N+](=O)[O-])cc2C)c(C)c1. The fraction of sp³-hybridized carbons (Fsp3) is 0.250. The van der Waals surface area contributed by atoms with Crippen molar-refractivity contribution in [2.45, 2.75) is 13.8 Å². The molecular weight excluding hydrogens is 333 g/mol. The van der Waals surface area contributed by atoms with Crippen molar-refractivity contribution in [3.8, 4) is 17.2 Å². The lowest BCUT2D eigenvalue weighted by molar-refractivity contribution is -0.383. The van der Waals surface area contributed by atoms with Crippen LogP contribution in [0, 0.1) is 24.0 Å². The van der Waals surface area contributed by atoms with Gasteiger partial charge >= 0.3 is 19.0 Å². The summed E-state index contributed by atoms with van der Waals surface area (Å²) in [5, 5.41) is 11.1. The highest BCUT2D eigenvalue weighted by Crippen LogP contribution is 2.35. The second-order valence-electron chi connectivity index (χ2n) is 5.04. The first kappa shape index (κ1) is 17.8. The number of rotatable bonds is 6. The number of aryl methyl sites for hydroxylation is 2. The van der Waals surface area contributed by atoms with Crippen molar-refractivity contribution in [2.24, 2.45) is 0 Å². The minimum Gasteiger partial charge on any atom is -0.497 e. The highest BCUT2D eigenvalue weighted by molar-refractivity contribution is 7.48. The Balaban J connectivity index is 2.47. The van der Waals surface area contributed by atoms with E-state index >= 15 is 0 Å². The van der Waals surface area contributed by atoms with Crippen molar-refractivity contribution < 1.29 is 23.5 Å². The Morgan fingerprint density at radius 2 is 1.71 bits per heavy atom. The van der Waals surface area contributed by atoms with Gasteiger partial charge in [0.25, 0.3) is 0 Å². The van der Waals surface area contributed by atoms with E-state index in [1.165, 1.54) is 19.2 Å². The van der Waals surface area contributed by atoms with Crippen LogP contribution in [0.25, 0.3) is 0 Å². The summed E-state index contributed by atoms with van der Waals surface area (Å²) in [5.74, 6) is 1.65. The summed E-state index contributed by atoms with van der Waals surface area (Å²) in [6.07, 6.45) is 0. The summed E-state index contributed by atoms with van der Waals surface area (Å²) < 4.78 is 27.7. The third kappa shape index (κ3) is 3.69. The Morgan fingerprint density at radius 1 is 1.04 bits per heavy atom. The zero-order valence-corrected chi connectivity index (χ0v) is 14.6. The maximum Gasteiger partial charge on any atom is 0.556 e. The Kier molecular flexibility index (Phi) is 5.49. The van der Waals surface area contributed by atoms with E-state index in [1.54, 1.807) is 26.2 Å². The fourth-order valence-electron chi connectivity index (χ4n) is 2.14. The number of ether oxygens (including phenoxy) is 2. The first-order chi connectivity index (χ1) is 11.4. The Labute approximate surface area is 140 Å². The number of nitro groups is 1. The first-order valence-electron chi connectivity index (χ1n) is 7.00. The third-order valence-electron chi connectivity index (χ3n) is 3.43. The number of nitro benzene ring substituents is 1. The molecule has 126 valence electrons. The molecule has 0 saturated carbocycles. The molecule has 0 radical (unpaired) electrons. The molecule has 0 heterocycles. The van der Waals surface area contributed by atoms with Gasteiger partial charge in [-0.05, 0) is 47.7 Å². The van der Waals surface area contributed by atoms with Gasteiger partial charge < -0.3 is 9.47 Å². The molecule has 2 aromatic carbocycles. The molecular formula is C16H17NO6P+. The largest absolute Gasteiger partial charge is 0.556 e. The number of hydrogen-bond donors (Lipinski definition) is 0. The number of hydrogen-bond acceptors (Lipinski definition) is 6. The minimum absolute atomic E-state index is 0.00994. The van der Waals surface area contributed by atoms with Crippen LogP contribution in [0.2, 0.25) is 0 Å². The zero-order chi connectivity index (χ0) is 17.9. The molecule has 0 aliphatic carbocycles. The van der Waals surface area contributed by atoms with E-state index < -0.39 is 13.0 Å². The van der Waals surface area contributed by atoms with Gasteiger partial charge in [-0.15, -0.1) is 4.52 Å². The second kappa shape index (κ2) is 7.38. The summed E-state index contributed by atoms with van der Waals surface area (Å²) in [6, 6.07) is 8.02. The lowest BCUT2D eigenvalue weighted by atomic mass is 10.2. The standard InChI is InChI=1S/C16H17NO6P/c1-10-7-12(21-3)5-6-14(10)23-15-9-16(24(20)22-4)13(17(18)19)8-11(15)2/h5-9H,1-4H3/q+1. The molecule has 0 amide bonds. The molecule has 24 heavy (non-hydrogen) atoms. The molecule has 1 atom stereocenters. The van der Waals surface area contributed by atoms with Crippen LogP contribution >= 0.6 is 8.03 Å². The van der Waals surface area contributed by atoms with E-state index in [0.29, 0.717) is 22.8 Å². The van der Waals surface area contributed by atoms with Crippen LogP contribution in [0.1, 0.15) is 11.1 Å². The molecule has 1 unspecified atom stereocenters. The average molecular weight is 350 g/mol. The van der Waals surface area contributed by atoms with Crippen LogP contribution in [0.4, 0.5) is 5.69 Å². The molecule has 0 fully saturated rings. The Bertz CT molecular complexity index is 805. The average Bonchev–Trinajstić information content (AvgIpc) is 2.56. The smallest absolute Gasteiger partial charge is 0.497 e. The summed E-state index contributed by atoms with van der Waals surface area (Å²) >= 11 is 0. The molecule has 0 aromatic heterocycles. The molecule has 0 aliphatic heterocycles. The van der Waals surface area contributed by atoms with Gasteiger partial charge in [-0.2, -0.15) is 0 Å². The van der Waals surface area contributed by atoms with Crippen LogP contribution in [0.3, 0.4) is 0 Å². The summed E-state index contributed by atoms with van der Waals surface area (Å²) in [4.78, 5) is 10.6. The van der Waals surface area contributed by atoms with Gasteiger partial charge in [0.15, 0.2) is 0 Å². The van der Waals surface area contributed by atoms with Gasteiger partial charge in [0.1, 0.15) is 17.2 Å². The van der Waals surface area contributed by atoms with Crippen molar-refractivity contribution in [2.75, 3.05) is 14.2 Å². The Morgan fingerprint density at radius 3 is 2.25 bits per heavy atom. The van der Waals surface area contributed by atoms with Crippen molar-refractivity contribution in [1.29, 1.82) is 0 Å². The van der Waals surface area contributed by atoms with Crippen molar-refractivity contribution in [3.05, 3.63) is 51.6 Å². The van der Waals surface area contributed by atoms with E-state index in [2.05, 4.69) is 0 Å². The van der Waals surface area contributed by atoms with E-state index in [1.807, 2.05) is 13.0 Å². The minimum atomic E-state index is -2.34. The number of methoxy groups -OCH3 is 1. The van der Waals surface area contributed by atoms with Crippen LogP contribution in [0.5, 0.6) is 17.2 Å². The monoisotopic (exact) mass is 350 g/mol. The topological polar surface area (TPSA) is 87.9 Å². The third-order valence-corrected chi connectivity index (χ3v) is 4.52. The molecule has 0 saturated heterocycles.